The lowest BCUT2D eigenvalue weighted by Crippen LogP contribution is -2.11. The van der Waals surface area contributed by atoms with Crippen LogP contribution in [0.25, 0.3) is 103 Å². The van der Waals surface area contributed by atoms with Crippen LogP contribution in [0, 0.1) is 0 Å². The van der Waals surface area contributed by atoms with Crippen molar-refractivity contribution in [3.8, 4) is 50.2 Å². The molecule has 0 bridgehead atoms. The zero-order valence-electron chi connectivity index (χ0n) is 36.6. The molecule has 0 fully saturated rings. The van der Waals surface area contributed by atoms with Crippen LogP contribution < -0.4 is 4.90 Å². The summed E-state index contributed by atoms with van der Waals surface area (Å²) >= 11 is 1.88. The second kappa shape index (κ2) is 16.2. The van der Waals surface area contributed by atoms with E-state index >= 15 is 0 Å². The van der Waals surface area contributed by atoms with Crippen molar-refractivity contribution in [2.45, 2.75) is 0 Å². The van der Waals surface area contributed by atoms with E-state index in [2.05, 4.69) is 264 Å². The van der Waals surface area contributed by atoms with Crippen molar-refractivity contribution in [3.63, 3.8) is 0 Å². The summed E-state index contributed by atoms with van der Waals surface area (Å²) in [6.45, 7) is 0. The molecule has 67 heavy (non-hydrogen) atoms. The molecule has 0 unspecified atom stereocenters. The van der Waals surface area contributed by atoms with E-state index < -0.39 is 0 Å². The van der Waals surface area contributed by atoms with Gasteiger partial charge in [-0.15, -0.1) is 11.3 Å². The predicted octanol–water partition coefficient (Wildman–Crippen LogP) is 18.4. The van der Waals surface area contributed by atoms with E-state index in [1.807, 2.05) is 11.3 Å². The number of benzene rings is 11. The maximum Gasteiger partial charge on any atom is 0.0547 e. The molecular weight excluding hydrogens is 829 g/mol. The highest BCUT2D eigenvalue weighted by atomic mass is 32.1. The third-order valence-corrected chi connectivity index (χ3v) is 14.6. The van der Waals surface area contributed by atoms with Crippen LogP contribution in [0.3, 0.4) is 0 Å². The molecule has 0 spiro atoms. The summed E-state index contributed by atoms with van der Waals surface area (Å²) in [7, 11) is 0. The SMILES string of the molecule is c1ccc(-c2cccc3cccc(-c4ccccc4N(c4ccc(-c5ccc6c7ccccc7n(-c7ccccc7)c6c5)cc4)c4ccc(-c5cccc6c5sc5ccccc56)cc4)c23)cc1. The fraction of sp³-hybridized carbons (Fsp3) is 0. The van der Waals surface area contributed by atoms with Gasteiger partial charge in [0.2, 0.25) is 0 Å². The van der Waals surface area contributed by atoms with Gasteiger partial charge in [0.15, 0.2) is 0 Å². The Hall–Kier alpha value is -8.50. The third kappa shape index (κ3) is 6.63. The van der Waals surface area contributed by atoms with Crippen molar-refractivity contribution in [2.24, 2.45) is 0 Å². The summed E-state index contributed by atoms with van der Waals surface area (Å²) in [6, 6.07) is 93.1. The monoisotopic (exact) mass is 870 g/mol. The molecule has 314 valence electrons. The van der Waals surface area contributed by atoms with Crippen LogP contribution in [0.5, 0.6) is 0 Å². The lowest BCUT2D eigenvalue weighted by atomic mass is 9.90. The maximum atomic E-state index is 2.43. The fourth-order valence-electron chi connectivity index (χ4n) is 10.3. The molecule has 0 N–H and O–H groups in total. The summed E-state index contributed by atoms with van der Waals surface area (Å²) in [4.78, 5) is 2.43. The average molecular weight is 871 g/mol. The number of anilines is 3. The van der Waals surface area contributed by atoms with Crippen LogP contribution >= 0.6 is 11.3 Å². The highest BCUT2D eigenvalue weighted by Gasteiger charge is 2.21. The summed E-state index contributed by atoms with van der Waals surface area (Å²) < 4.78 is 5.03. The van der Waals surface area contributed by atoms with Crippen molar-refractivity contribution in [1.82, 2.24) is 4.57 Å². The lowest BCUT2D eigenvalue weighted by Gasteiger charge is -2.29. The number of para-hydroxylation sites is 3. The van der Waals surface area contributed by atoms with Gasteiger partial charge in [-0.25, -0.2) is 0 Å². The van der Waals surface area contributed by atoms with E-state index in [0.717, 1.165) is 28.3 Å². The van der Waals surface area contributed by atoms with Crippen LogP contribution in [-0.2, 0) is 0 Å². The number of aromatic nitrogens is 1. The molecule has 2 nitrogen and oxygen atoms in total. The molecule has 0 atom stereocenters. The number of nitrogens with zero attached hydrogens (tertiary/aromatic N) is 2. The Morgan fingerprint density at radius 1 is 0.328 bits per heavy atom. The topological polar surface area (TPSA) is 8.17 Å². The lowest BCUT2D eigenvalue weighted by molar-refractivity contribution is 1.18. The first-order valence-electron chi connectivity index (χ1n) is 22.9. The smallest absolute Gasteiger partial charge is 0.0547 e. The molecular formula is C64H42N2S. The second-order valence-corrected chi connectivity index (χ2v) is 18.3. The van der Waals surface area contributed by atoms with Crippen LogP contribution in [-0.4, -0.2) is 4.57 Å². The van der Waals surface area contributed by atoms with E-state index in [1.54, 1.807) is 0 Å². The molecule has 0 saturated carbocycles. The van der Waals surface area contributed by atoms with Crippen LogP contribution in [0.1, 0.15) is 0 Å². The molecule has 2 aromatic heterocycles. The zero-order chi connectivity index (χ0) is 44.3. The largest absolute Gasteiger partial charge is 0.310 e. The zero-order valence-corrected chi connectivity index (χ0v) is 37.4. The van der Waals surface area contributed by atoms with Gasteiger partial charge in [0, 0.05) is 53.6 Å². The fourth-order valence-corrected chi connectivity index (χ4v) is 11.6. The van der Waals surface area contributed by atoms with Gasteiger partial charge < -0.3 is 9.47 Å². The Labute approximate surface area is 393 Å². The van der Waals surface area contributed by atoms with Crippen molar-refractivity contribution in [3.05, 3.63) is 255 Å². The van der Waals surface area contributed by atoms with Crippen LogP contribution in [0.4, 0.5) is 17.1 Å². The molecule has 2 heterocycles. The highest BCUT2D eigenvalue weighted by molar-refractivity contribution is 7.26. The van der Waals surface area contributed by atoms with Gasteiger partial charge in [0.25, 0.3) is 0 Å². The maximum absolute atomic E-state index is 2.43. The normalized spacial score (nSPS) is 11.6. The number of rotatable bonds is 8. The van der Waals surface area contributed by atoms with Crippen LogP contribution in [0.15, 0.2) is 255 Å². The Balaban J connectivity index is 0.966. The molecule has 0 amide bonds. The van der Waals surface area contributed by atoms with Crippen molar-refractivity contribution < 1.29 is 0 Å². The third-order valence-electron chi connectivity index (χ3n) is 13.4. The standard InChI is InChI=1S/C64H42N2S/c1-3-16-44(17-4-1)51-25-13-18-46-19-14-27-57(63(46)51)54-23-8-10-29-59(54)65(50-39-34-45(35-40-50)52-26-15-28-58-56-24-9-12-31-62(56)67-64(52)58)49-37-32-43(33-38-49)47-36-41-55-53-22-7-11-30-60(53)66(61(55)42-47)48-20-5-2-6-21-48/h1-42H. The van der Waals surface area contributed by atoms with Gasteiger partial charge in [-0.05, 0) is 110 Å². The molecule has 0 saturated heterocycles. The minimum atomic E-state index is 1.08. The van der Waals surface area contributed by atoms with Crippen molar-refractivity contribution in [1.29, 1.82) is 0 Å². The average Bonchev–Trinajstić information content (AvgIpc) is 3.95. The highest BCUT2D eigenvalue weighted by Crippen LogP contribution is 2.46. The molecule has 0 aliphatic heterocycles. The summed E-state index contributed by atoms with van der Waals surface area (Å²) in [5.41, 5.74) is 16.4. The molecule has 0 radical (unpaired) electrons. The van der Waals surface area contributed by atoms with Gasteiger partial charge >= 0.3 is 0 Å². The predicted molar refractivity (Wildman–Crippen MR) is 288 cm³/mol. The van der Waals surface area contributed by atoms with Gasteiger partial charge in [-0.2, -0.15) is 0 Å². The first kappa shape index (κ1) is 38.9. The minimum absolute atomic E-state index is 1.08. The van der Waals surface area contributed by atoms with Crippen molar-refractivity contribution >= 4 is 81.1 Å². The Kier molecular flexibility index (Phi) is 9.40. The van der Waals surface area contributed by atoms with Gasteiger partial charge in [-0.1, -0.05) is 194 Å². The van der Waals surface area contributed by atoms with Crippen LogP contribution in [0.2, 0.25) is 0 Å². The van der Waals surface area contributed by atoms with Gasteiger partial charge in [-0.3, -0.25) is 0 Å². The number of hydrogen-bond donors (Lipinski definition) is 0. The number of hydrogen-bond acceptors (Lipinski definition) is 2. The minimum Gasteiger partial charge on any atom is -0.310 e. The molecule has 0 aliphatic rings. The number of thiophene rings is 1. The molecule has 3 heteroatoms. The summed E-state index contributed by atoms with van der Waals surface area (Å²) in [5.74, 6) is 0. The Morgan fingerprint density at radius 3 is 1.67 bits per heavy atom. The van der Waals surface area contributed by atoms with Gasteiger partial charge in [0.1, 0.15) is 0 Å². The second-order valence-electron chi connectivity index (χ2n) is 17.2. The van der Waals surface area contributed by atoms with Gasteiger partial charge in [0.05, 0.1) is 16.7 Å². The summed E-state index contributed by atoms with van der Waals surface area (Å²) in [5, 5.41) is 7.59. The molecule has 11 aromatic carbocycles. The quantitative estimate of drug-likeness (QED) is 0.148. The summed E-state index contributed by atoms with van der Waals surface area (Å²) in [6.07, 6.45) is 0. The van der Waals surface area contributed by atoms with E-state index in [0.29, 0.717) is 0 Å². The Bertz CT molecular complexity index is 3950. The Morgan fingerprint density at radius 2 is 0.881 bits per heavy atom. The van der Waals surface area contributed by atoms with E-state index in [-0.39, 0.29) is 0 Å². The van der Waals surface area contributed by atoms with Crippen molar-refractivity contribution in [2.75, 3.05) is 4.90 Å². The molecule has 13 aromatic rings. The van der Waals surface area contributed by atoms with E-state index in [9.17, 15) is 0 Å². The van der Waals surface area contributed by atoms with E-state index in [1.165, 1.54) is 91.7 Å². The molecule has 13 rings (SSSR count). The number of fused-ring (bicyclic) bond motifs is 7. The first-order valence-corrected chi connectivity index (χ1v) is 23.7. The van der Waals surface area contributed by atoms with E-state index in [4.69, 9.17) is 0 Å². The molecule has 0 aliphatic carbocycles. The first-order chi connectivity index (χ1) is 33.2.